The zero-order valence-electron chi connectivity index (χ0n) is 14.5. The van der Waals surface area contributed by atoms with Gasteiger partial charge in [-0.2, -0.15) is 0 Å². The molecular weight excluding hydrogens is 318 g/mol. The molecule has 0 saturated heterocycles. The number of hydrogen-bond donors (Lipinski definition) is 1. The molecule has 0 aliphatic rings. The summed E-state index contributed by atoms with van der Waals surface area (Å²) in [5, 5.41) is 2.72. The van der Waals surface area contributed by atoms with Gasteiger partial charge in [0.25, 0.3) is 5.91 Å². The highest BCUT2D eigenvalue weighted by atomic mass is 16.5. The van der Waals surface area contributed by atoms with E-state index in [2.05, 4.69) is 5.32 Å². The zero-order valence-corrected chi connectivity index (χ0v) is 14.5. The van der Waals surface area contributed by atoms with Gasteiger partial charge >= 0.3 is 5.97 Å². The van der Waals surface area contributed by atoms with Crippen LogP contribution in [0.1, 0.15) is 25.3 Å². The van der Waals surface area contributed by atoms with Crippen molar-refractivity contribution in [3.8, 4) is 5.75 Å². The van der Waals surface area contributed by atoms with Gasteiger partial charge in [-0.3, -0.25) is 9.59 Å². The first kappa shape index (κ1) is 18.5. The van der Waals surface area contributed by atoms with Crippen LogP contribution in [0.5, 0.6) is 5.75 Å². The first-order chi connectivity index (χ1) is 12.0. The molecule has 1 N–H and O–H groups in total. The lowest BCUT2D eigenvalue weighted by molar-refractivity contribution is -0.153. The van der Waals surface area contributed by atoms with Crippen molar-refractivity contribution < 1.29 is 19.1 Å². The molecule has 5 heteroatoms. The molecule has 0 aliphatic heterocycles. The molecule has 0 aliphatic carbocycles. The number of benzene rings is 2. The third-order valence-corrected chi connectivity index (χ3v) is 3.53. The number of esters is 1. The second kappa shape index (κ2) is 9.47. The first-order valence-corrected chi connectivity index (χ1v) is 8.29. The Labute approximate surface area is 148 Å². The van der Waals surface area contributed by atoms with E-state index in [0.717, 1.165) is 11.3 Å². The van der Waals surface area contributed by atoms with Gasteiger partial charge in [-0.15, -0.1) is 0 Å². The summed E-state index contributed by atoms with van der Waals surface area (Å²) < 4.78 is 10.7. The van der Waals surface area contributed by atoms with Crippen LogP contribution in [0.15, 0.2) is 54.6 Å². The van der Waals surface area contributed by atoms with Crippen molar-refractivity contribution >= 4 is 17.6 Å². The summed E-state index contributed by atoms with van der Waals surface area (Å²) in [6.07, 6.45) is -0.112. The number of para-hydroxylation sites is 1. The Kier molecular flexibility index (Phi) is 7.01. The molecule has 2 aromatic rings. The van der Waals surface area contributed by atoms with Gasteiger partial charge in [0.15, 0.2) is 6.10 Å². The van der Waals surface area contributed by atoms with Gasteiger partial charge in [0, 0.05) is 12.1 Å². The molecule has 0 unspecified atom stereocenters. The molecule has 2 aromatic carbocycles. The number of carbonyl (C=O) groups excluding carboxylic acids is 2. The van der Waals surface area contributed by atoms with Crippen LogP contribution in [-0.4, -0.2) is 24.6 Å². The Morgan fingerprint density at radius 2 is 1.72 bits per heavy atom. The largest absolute Gasteiger partial charge is 0.494 e. The molecule has 1 atom stereocenters. The SMILES string of the molecule is Cc1ccc(NC(=O)[C@H](C)OC(=O)CCCOc2ccccc2)cc1. The minimum absolute atomic E-state index is 0.203. The highest BCUT2D eigenvalue weighted by Crippen LogP contribution is 2.11. The van der Waals surface area contributed by atoms with E-state index in [-0.39, 0.29) is 12.3 Å². The van der Waals surface area contributed by atoms with Gasteiger partial charge in [0.2, 0.25) is 0 Å². The molecule has 0 saturated carbocycles. The monoisotopic (exact) mass is 341 g/mol. The summed E-state index contributed by atoms with van der Waals surface area (Å²) in [5.74, 6) is 0.00247. The van der Waals surface area contributed by atoms with Crippen molar-refractivity contribution in [2.75, 3.05) is 11.9 Å². The molecule has 0 spiro atoms. The third kappa shape index (κ3) is 6.67. The van der Waals surface area contributed by atoms with Gasteiger partial charge in [0.1, 0.15) is 5.75 Å². The summed E-state index contributed by atoms with van der Waals surface area (Å²) >= 11 is 0. The Morgan fingerprint density at radius 3 is 2.40 bits per heavy atom. The molecule has 25 heavy (non-hydrogen) atoms. The highest BCUT2D eigenvalue weighted by Gasteiger charge is 2.17. The number of aryl methyl sites for hydroxylation is 1. The van der Waals surface area contributed by atoms with E-state index in [1.165, 1.54) is 0 Å². The molecule has 0 fully saturated rings. The molecule has 2 rings (SSSR count). The van der Waals surface area contributed by atoms with Gasteiger partial charge in [0.05, 0.1) is 6.61 Å². The van der Waals surface area contributed by atoms with Crippen LogP contribution in [0.25, 0.3) is 0 Å². The van der Waals surface area contributed by atoms with E-state index in [4.69, 9.17) is 9.47 Å². The lowest BCUT2D eigenvalue weighted by Crippen LogP contribution is -2.30. The minimum atomic E-state index is -0.844. The van der Waals surface area contributed by atoms with E-state index in [9.17, 15) is 9.59 Å². The standard InChI is InChI=1S/C20H23NO4/c1-15-10-12-17(13-11-15)21-20(23)16(2)25-19(22)9-6-14-24-18-7-4-3-5-8-18/h3-5,7-8,10-13,16H,6,9,14H2,1-2H3,(H,21,23)/t16-/m0/s1. The van der Waals surface area contributed by atoms with Crippen molar-refractivity contribution in [1.29, 1.82) is 0 Å². The van der Waals surface area contributed by atoms with E-state index < -0.39 is 12.1 Å². The second-order valence-electron chi connectivity index (χ2n) is 5.75. The fraction of sp³-hybridized carbons (Fsp3) is 0.300. The Balaban J connectivity index is 1.66. The van der Waals surface area contributed by atoms with Crippen LogP contribution in [0, 0.1) is 6.92 Å². The summed E-state index contributed by atoms with van der Waals surface area (Å²) in [5.41, 5.74) is 1.78. The van der Waals surface area contributed by atoms with Crippen LogP contribution < -0.4 is 10.1 Å². The van der Waals surface area contributed by atoms with Gasteiger partial charge in [-0.05, 0) is 44.5 Å². The van der Waals surface area contributed by atoms with Crippen molar-refractivity contribution in [2.24, 2.45) is 0 Å². The normalized spacial score (nSPS) is 11.4. The Bertz CT molecular complexity index is 683. The number of rotatable bonds is 8. The molecule has 0 aromatic heterocycles. The first-order valence-electron chi connectivity index (χ1n) is 8.29. The molecular formula is C20H23NO4. The van der Waals surface area contributed by atoms with E-state index in [0.29, 0.717) is 18.7 Å². The van der Waals surface area contributed by atoms with Gasteiger partial charge in [-0.25, -0.2) is 0 Å². The summed E-state index contributed by atoms with van der Waals surface area (Å²) in [6, 6.07) is 16.8. The van der Waals surface area contributed by atoms with Gasteiger partial charge < -0.3 is 14.8 Å². The van der Waals surface area contributed by atoms with E-state index in [1.54, 1.807) is 6.92 Å². The minimum Gasteiger partial charge on any atom is -0.494 e. The van der Waals surface area contributed by atoms with E-state index >= 15 is 0 Å². The number of carbonyl (C=O) groups is 2. The lowest BCUT2D eigenvalue weighted by atomic mass is 10.2. The maximum absolute atomic E-state index is 12.0. The summed E-state index contributed by atoms with van der Waals surface area (Å²) in [7, 11) is 0. The topological polar surface area (TPSA) is 64.6 Å². The van der Waals surface area contributed by atoms with Crippen LogP contribution in [-0.2, 0) is 14.3 Å². The number of anilines is 1. The number of amides is 1. The summed E-state index contributed by atoms with van der Waals surface area (Å²) in [4.78, 5) is 23.8. The molecule has 0 heterocycles. The Hall–Kier alpha value is -2.82. The quantitative estimate of drug-likeness (QED) is 0.587. The third-order valence-electron chi connectivity index (χ3n) is 3.53. The van der Waals surface area contributed by atoms with Gasteiger partial charge in [-0.1, -0.05) is 35.9 Å². The number of nitrogens with one attached hydrogen (secondary N) is 1. The number of hydrogen-bond acceptors (Lipinski definition) is 4. The van der Waals surface area contributed by atoms with Crippen molar-refractivity contribution in [3.05, 3.63) is 60.2 Å². The van der Waals surface area contributed by atoms with Crippen LogP contribution >= 0.6 is 0 Å². The average molecular weight is 341 g/mol. The molecule has 0 radical (unpaired) electrons. The Morgan fingerprint density at radius 1 is 1.04 bits per heavy atom. The lowest BCUT2D eigenvalue weighted by Gasteiger charge is -2.13. The predicted octanol–water partition coefficient (Wildman–Crippen LogP) is 3.72. The molecule has 0 bridgehead atoms. The highest BCUT2D eigenvalue weighted by molar-refractivity contribution is 5.95. The fourth-order valence-corrected chi connectivity index (χ4v) is 2.11. The second-order valence-corrected chi connectivity index (χ2v) is 5.75. The average Bonchev–Trinajstić information content (AvgIpc) is 2.61. The smallest absolute Gasteiger partial charge is 0.306 e. The molecule has 5 nitrogen and oxygen atoms in total. The van der Waals surface area contributed by atoms with Crippen molar-refractivity contribution in [3.63, 3.8) is 0 Å². The molecule has 1 amide bonds. The fourth-order valence-electron chi connectivity index (χ4n) is 2.11. The maximum atomic E-state index is 12.0. The van der Waals surface area contributed by atoms with Crippen molar-refractivity contribution in [1.82, 2.24) is 0 Å². The summed E-state index contributed by atoms with van der Waals surface area (Å²) in [6.45, 7) is 3.95. The predicted molar refractivity (Wildman–Crippen MR) is 96.5 cm³/mol. The van der Waals surface area contributed by atoms with Crippen LogP contribution in [0.3, 0.4) is 0 Å². The number of ether oxygens (including phenoxy) is 2. The van der Waals surface area contributed by atoms with E-state index in [1.807, 2.05) is 61.5 Å². The molecule has 132 valence electrons. The van der Waals surface area contributed by atoms with Crippen LogP contribution in [0.4, 0.5) is 5.69 Å². The maximum Gasteiger partial charge on any atom is 0.306 e. The van der Waals surface area contributed by atoms with Crippen LogP contribution in [0.2, 0.25) is 0 Å². The zero-order chi connectivity index (χ0) is 18.1. The van der Waals surface area contributed by atoms with Crippen molar-refractivity contribution in [2.45, 2.75) is 32.8 Å².